The van der Waals surface area contributed by atoms with Gasteiger partial charge in [0.1, 0.15) is 0 Å². The minimum Gasteiger partial charge on any atom is -0.478 e. The molecule has 2 aromatic rings. The van der Waals surface area contributed by atoms with E-state index in [1.807, 2.05) is 24.3 Å². The Labute approximate surface area is 122 Å². The maximum absolute atomic E-state index is 12.3. The Kier molecular flexibility index (Phi) is 3.22. The van der Waals surface area contributed by atoms with Crippen molar-refractivity contribution in [3.63, 3.8) is 0 Å². The number of rotatable bonds is 3. The van der Waals surface area contributed by atoms with Gasteiger partial charge in [0.2, 0.25) is 5.91 Å². The molecule has 0 saturated heterocycles. The molecule has 3 rings (SSSR count). The third kappa shape index (κ3) is 2.29. The van der Waals surface area contributed by atoms with Gasteiger partial charge in [0.25, 0.3) is 0 Å². The van der Waals surface area contributed by atoms with Gasteiger partial charge in [-0.05, 0) is 36.1 Å². The highest BCUT2D eigenvalue weighted by Crippen LogP contribution is 2.35. The Bertz CT molecular complexity index is 737. The molecule has 0 saturated carbocycles. The average Bonchev–Trinajstić information content (AvgIpc) is 2.39. The first-order valence-corrected chi connectivity index (χ1v) is 6.79. The van der Waals surface area contributed by atoms with Gasteiger partial charge in [0.05, 0.1) is 17.2 Å². The van der Waals surface area contributed by atoms with E-state index in [1.165, 1.54) is 5.56 Å². The number of nitrogens with one attached hydrogen (secondary N) is 1. The van der Waals surface area contributed by atoms with Gasteiger partial charge in [-0.15, -0.1) is 0 Å². The number of aryl methyl sites for hydroxylation is 1. The molecule has 1 unspecified atom stereocenters. The average molecular weight is 281 g/mol. The Morgan fingerprint density at radius 3 is 2.62 bits per heavy atom. The van der Waals surface area contributed by atoms with E-state index in [0.717, 1.165) is 5.56 Å². The molecular weight excluding hydrogens is 266 g/mol. The lowest BCUT2D eigenvalue weighted by molar-refractivity contribution is -0.118. The van der Waals surface area contributed by atoms with Crippen LogP contribution < -0.4 is 5.32 Å². The zero-order valence-corrected chi connectivity index (χ0v) is 11.6. The Morgan fingerprint density at radius 1 is 1.14 bits per heavy atom. The van der Waals surface area contributed by atoms with Crippen LogP contribution in [0.1, 0.15) is 33.0 Å². The molecule has 0 aromatic heterocycles. The number of carboxylic acid groups (broad SMARTS) is 1. The lowest BCUT2D eigenvalue weighted by atomic mass is 9.77. The number of anilines is 1. The quantitative estimate of drug-likeness (QED) is 0.909. The molecule has 0 fully saturated rings. The largest absolute Gasteiger partial charge is 0.478 e. The van der Waals surface area contributed by atoms with E-state index >= 15 is 0 Å². The van der Waals surface area contributed by atoms with E-state index in [0.29, 0.717) is 17.7 Å². The zero-order chi connectivity index (χ0) is 15.0. The van der Waals surface area contributed by atoms with E-state index in [-0.39, 0.29) is 17.4 Å². The number of amides is 1. The van der Waals surface area contributed by atoms with Crippen LogP contribution in [-0.2, 0) is 11.2 Å². The molecule has 0 spiro atoms. The molecule has 1 atom stereocenters. The summed E-state index contributed by atoms with van der Waals surface area (Å²) in [6, 6.07) is 12.9. The number of hydrogen-bond acceptors (Lipinski definition) is 2. The molecule has 1 aliphatic carbocycles. The fourth-order valence-electron chi connectivity index (χ4n) is 2.77. The van der Waals surface area contributed by atoms with Crippen molar-refractivity contribution >= 4 is 17.6 Å². The highest BCUT2D eigenvalue weighted by molar-refractivity contribution is 6.04. The normalized spacial score (nSPS) is 15.8. The SMILES string of the molecule is Cc1cccc(NC(=O)C2Cc3ccccc32)c1C(=O)O. The molecule has 4 heteroatoms. The van der Waals surface area contributed by atoms with Crippen molar-refractivity contribution in [1.82, 2.24) is 0 Å². The first-order chi connectivity index (χ1) is 10.1. The van der Waals surface area contributed by atoms with Crippen molar-refractivity contribution in [2.24, 2.45) is 0 Å². The molecule has 4 nitrogen and oxygen atoms in total. The van der Waals surface area contributed by atoms with Gasteiger partial charge in [-0.25, -0.2) is 4.79 Å². The van der Waals surface area contributed by atoms with Crippen molar-refractivity contribution in [1.29, 1.82) is 0 Å². The van der Waals surface area contributed by atoms with E-state index in [4.69, 9.17) is 0 Å². The van der Waals surface area contributed by atoms with Crippen molar-refractivity contribution in [3.8, 4) is 0 Å². The van der Waals surface area contributed by atoms with E-state index < -0.39 is 5.97 Å². The second-order valence-electron chi connectivity index (χ2n) is 5.25. The van der Waals surface area contributed by atoms with Crippen molar-refractivity contribution < 1.29 is 14.7 Å². The second kappa shape index (κ2) is 5.05. The summed E-state index contributed by atoms with van der Waals surface area (Å²) in [5, 5.41) is 12.0. The fraction of sp³-hybridized carbons (Fsp3) is 0.176. The van der Waals surface area contributed by atoms with Gasteiger partial charge < -0.3 is 10.4 Å². The van der Waals surface area contributed by atoms with Gasteiger partial charge in [0, 0.05) is 0 Å². The smallest absolute Gasteiger partial charge is 0.338 e. The summed E-state index contributed by atoms with van der Waals surface area (Å²) in [6.45, 7) is 1.72. The summed E-state index contributed by atoms with van der Waals surface area (Å²) in [7, 11) is 0. The number of benzene rings is 2. The summed E-state index contributed by atoms with van der Waals surface area (Å²) >= 11 is 0. The standard InChI is InChI=1S/C17H15NO3/c1-10-5-4-8-14(15(10)17(20)21)18-16(19)13-9-11-6-2-3-7-12(11)13/h2-8,13H,9H2,1H3,(H,18,19)(H,20,21). The summed E-state index contributed by atoms with van der Waals surface area (Å²) in [5.41, 5.74) is 3.35. The Hall–Kier alpha value is -2.62. The second-order valence-corrected chi connectivity index (χ2v) is 5.25. The third-order valence-electron chi connectivity index (χ3n) is 3.92. The molecule has 2 N–H and O–H groups in total. The van der Waals surface area contributed by atoms with Crippen molar-refractivity contribution in [3.05, 3.63) is 64.7 Å². The van der Waals surface area contributed by atoms with Crippen molar-refractivity contribution in [2.45, 2.75) is 19.3 Å². The first-order valence-electron chi connectivity index (χ1n) is 6.79. The minimum absolute atomic E-state index is 0.151. The highest BCUT2D eigenvalue weighted by Gasteiger charge is 2.32. The molecule has 1 amide bonds. The summed E-state index contributed by atoms with van der Waals surface area (Å²) in [5.74, 6) is -1.37. The molecule has 2 aromatic carbocycles. The topological polar surface area (TPSA) is 66.4 Å². The van der Waals surface area contributed by atoms with Crippen LogP contribution in [-0.4, -0.2) is 17.0 Å². The van der Waals surface area contributed by atoms with Crippen LogP contribution in [0.2, 0.25) is 0 Å². The maximum Gasteiger partial charge on any atom is 0.338 e. The van der Waals surface area contributed by atoms with Crippen LogP contribution in [0.5, 0.6) is 0 Å². The first kappa shape index (κ1) is 13.4. The summed E-state index contributed by atoms with van der Waals surface area (Å²) in [6.07, 6.45) is 0.705. The van der Waals surface area contributed by atoms with Crippen LogP contribution in [0.4, 0.5) is 5.69 Å². The van der Waals surface area contributed by atoms with Crippen molar-refractivity contribution in [2.75, 3.05) is 5.32 Å². The Morgan fingerprint density at radius 2 is 1.90 bits per heavy atom. The predicted molar refractivity (Wildman–Crippen MR) is 79.7 cm³/mol. The molecule has 106 valence electrons. The molecule has 0 aliphatic heterocycles. The summed E-state index contributed by atoms with van der Waals surface area (Å²) < 4.78 is 0. The number of carbonyl (C=O) groups excluding carboxylic acids is 1. The van der Waals surface area contributed by atoms with Gasteiger partial charge >= 0.3 is 5.97 Å². The van der Waals surface area contributed by atoms with Gasteiger partial charge in [-0.2, -0.15) is 0 Å². The van der Waals surface area contributed by atoms with Gasteiger partial charge in [-0.1, -0.05) is 36.4 Å². The predicted octanol–water partition coefficient (Wildman–Crippen LogP) is 2.97. The minimum atomic E-state index is -1.03. The van der Waals surface area contributed by atoms with Gasteiger partial charge in [0.15, 0.2) is 0 Å². The van der Waals surface area contributed by atoms with Crippen LogP contribution in [0.3, 0.4) is 0 Å². The molecular formula is C17H15NO3. The van der Waals surface area contributed by atoms with E-state index in [2.05, 4.69) is 5.32 Å². The monoisotopic (exact) mass is 281 g/mol. The molecule has 0 heterocycles. The van der Waals surface area contributed by atoms with Crippen LogP contribution >= 0.6 is 0 Å². The molecule has 1 aliphatic rings. The third-order valence-corrected chi connectivity index (χ3v) is 3.92. The van der Waals surface area contributed by atoms with Crippen LogP contribution in [0.15, 0.2) is 42.5 Å². The summed E-state index contributed by atoms with van der Waals surface area (Å²) in [4.78, 5) is 23.7. The molecule has 0 bridgehead atoms. The lowest BCUT2D eigenvalue weighted by Crippen LogP contribution is -2.30. The maximum atomic E-state index is 12.3. The molecule has 21 heavy (non-hydrogen) atoms. The number of fused-ring (bicyclic) bond motifs is 1. The van der Waals surface area contributed by atoms with Crippen LogP contribution in [0.25, 0.3) is 0 Å². The number of carbonyl (C=O) groups is 2. The zero-order valence-electron chi connectivity index (χ0n) is 11.6. The van der Waals surface area contributed by atoms with Gasteiger partial charge in [-0.3, -0.25) is 4.79 Å². The van der Waals surface area contributed by atoms with Crippen LogP contribution in [0, 0.1) is 6.92 Å². The number of aromatic carboxylic acids is 1. The fourth-order valence-corrected chi connectivity index (χ4v) is 2.77. The lowest BCUT2D eigenvalue weighted by Gasteiger charge is -2.29. The Balaban J connectivity index is 1.84. The highest BCUT2D eigenvalue weighted by atomic mass is 16.4. The van der Waals surface area contributed by atoms with E-state index in [9.17, 15) is 14.7 Å². The number of carboxylic acids is 1. The van der Waals surface area contributed by atoms with E-state index in [1.54, 1.807) is 25.1 Å². The molecule has 0 radical (unpaired) electrons. The number of hydrogen-bond donors (Lipinski definition) is 2.